The Bertz CT molecular complexity index is 283. The molecule has 0 saturated heterocycles. The van der Waals surface area contributed by atoms with Crippen molar-refractivity contribution >= 4 is 21.6 Å². The highest BCUT2D eigenvalue weighted by atomic mass is 35.5. The summed E-state index contributed by atoms with van der Waals surface area (Å²) < 4.78 is 22.5. The van der Waals surface area contributed by atoms with Crippen molar-refractivity contribution in [1.82, 2.24) is 4.84 Å². The maximum atomic E-state index is 11.2. The third-order valence-corrected chi connectivity index (χ3v) is 4.68. The molecule has 0 amide bonds. The molecule has 0 heterocycles. The van der Waals surface area contributed by atoms with Crippen LogP contribution in [0.15, 0.2) is 0 Å². The van der Waals surface area contributed by atoms with E-state index in [4.69, 9.17) is 11.8 Å². The average molecular weight is 242 g/mol. The summed E-state index contributed by atoms with van der Waals surface area (Å²) in [6.07, 6.45) is 3.28. The molecule has 0 atom stereocenters. The highest BCUT2D eigenvalue weighted by Gasteiger charge is 2.36. The topological polar surface area (TPSA) is 66.4 Å². The minimum atomic E-state index is -2.96. The summed E-state index contributed by atoms with van der Waals surface area (Å²) in [5, 5.41) is 9.62. The Morgan fingerprint density at radius 1 is 1.50 bits per heavy atom. The first-order chi connectivity index (χ1) is 6.37. The summed E-state index contributed by atoms with van der Waals surface area (Å²) >= 11 is 5.32. The lowest BCUT2D eigenvalue weighted by atomic mass is 9.85. The van der Waals surface area contributed by atoms with Gasteiger partial charge in [0.1, 0.15) is 9.84 Å². The molecule has 1 aliphatic rings. The molecule has 2 N–H and O–H groups in total. The predicted molar refractivity (Wildman–Crippen MR) is 55.9 cm³/mol. The zero-order valence-corrected chi connectivity index (χ0v) is 9.74. The quantitative estimate of drug-likeness (QED) is 0.704. The van der Waals surface area contributed by atoms with E-state index in [0.717, 1.165) is 0 Å². The first-order valence-corrected chi connectivity index (χ1v) is 6.95. The standard InChI is InChI=1S/C8H16ClNO3S/c1-14(12,13)7-2-4-8(11,5-3-7)6-10-9/h7,10-11H,2-6H2,1H3/t7-,8+. The molecule has 0 spiro atoms. The number of halogens is 1. The lowest BCUT2D eigenvalue weighted by Gasteiger charge is -2.34. The Hall–Kier alpha value is 0.160. The molecule has 84 valence electrons. The molecule has 1 saturated carbocycles. The summed E-state index contributed by atoms with van der Waals surface area (Å²) in [6.45, 7) is 0.311. The van der Waals surface area contributed by atoms with Gasteiger partial charge in [-0.2, -0.15) is 0 Å². The zero-order valence-electron chi connectivity index (χ0n) is 8.16. The van der Waals surface area contributed by atoms with Crippen LogP contribution in [0.3, 0.4) is 0 Å². The van der Waals surface area contributed by atoms with Crippen molar-refractivity contribution in [1.29, 1.82) is 0 Å². The van der Waals surface area contributed by atoms with Crippen LogP contribution in [0, 0.1) is 0 Å². The highest BCUT2D eigenvalue weighted by molar-refractivity contribution is 7.91. The Kier molecular flexibility index (Phi) is 3.80. The van der Waals surface area contributed by atoms with Gasteiger partial charge in [0.05, 0.1) is 10.9 Å². The van der Waals surface area contributed by atoms with Crippen molar-refractivity contribution < 1.29 is 13.5 Å². The van der Waals surface area contributed by atoms with Crippen molar-refractivity contribution in [2.24, 2.45) is 0 Å². The van der Waals surface area contributed by atoms with Gasteiger partial charge in [0.25, 0.3) is 0 Å². The second-order valence-corrected chi connectivity index (χ2v) is 6.66. The minimum absolute atomic E-state index is 0.293. The third-order valence-electron chi connectivity index (χ3n) is 2.86. The fraction of sp³-hybridized carbons (Fsp3) is 1.00. The van der Waals surface area contributed by atoms with E-state index in [9.17, 15) is 13.5 Å². The molecule has 1 aliphatic carbocycles. The number of hydrogen-bond donors (Lipinski definition) is 2. The van der Waals surface area contributed by atoms with Gasteiger partial charge in [-0.25, -0.2) is 13.3 Å². The van der Waals surface area contributed by atoms with Crippen LogP contribution in [0.2, 0.25) is 0 Å². The zero-order chi connectivity index (χ0) is 10.8. The molecule has 1 fully saturated rings. The van der Waals surface area contributed by atoms with Crippen LogP contribution in [0.5, 0.6) is 0 Å². The molecule has 14 heavy (non-hydrogen) atoms. The molecule has 0 unspecified atom stereocenters. The minimum Gasteiger partial charge on any atom is -0.389 e. The molecular weight excluding hydrogens is 226 g/mol. The Labute approximate surface area is 89.7 Å². The van der Waals surface area contributed by atoms with Crippen molar-refractivity contribution in [3.05, 3.63) is 0 Å². The molecule has 0 aliphatic heterocycles. The summed E-state index contributed by atoms with van der Waals surface area (Å²) in [4.78, 5) is 2.40. The summed E-state index contributed by atoms with van der Waals surface area (Å²) in [7, 11) is -2.96. The first-order valence-electron chi connectivity index (χ1n) is 4.62. The van der Waals surface area contributed by atoms with E-state index in [2.05, 4.69) is 4.84 Å². The van der Waals surface area contributed by atoms with Crippen LogP contribution in [-0.2, 0) is 9.84 Å². The fourth-order valence-corrected chi connectivity index (χ4v) is 3.20. The Balaban J connectivity index is 2.54. The van der Waals surface area contributed by atoms with Crippen molar-refractivity contribution in [3.8, 4) is 0 Å². The van der Waals surface area contributed by atoms with Gasteiger partial charge >= 0.3 is 0 Å². The summed E-state index contributed by atoms with van der Waals surface area (Å²) in [5.74, 6) is 0. The van der Waals surface area contributed by atoms with Gasteiger partial charge in [0.15, 0.2) is 0 Å². The van der Waals surface area contributed by atoms with E-state index in [1.54, 1.807) is 0 Å². The second-order valence-electron chi connectivity index (χ2n) is 4.06. The maximum absolute atomic E-state index is 11.2. The second kappa shape index (κ2) is 4.35. The maximum Gasteiger partial charge on any atom is 0.150 e. The monoisotopic (exact) mass is 241 g/mol. The van der Waals surface area contributed by atoms with E-state index in [1.807, 2.05) is 0 Å². The number of aliphatic hydroxyl groups is 1. The molecule has 1 rings (SSSR count). The van der Waals surface area contributed by atoms with Gasteiger partial charge in [-0.15, -0.1) is 0 Å². The molecule has 0 bridgehead atoms. The van der Waals surface area contributed by atoms with E-state index in [1.165, 1.54) is 6.26 Å². The van der Waals surface area contributed by atoms with Gasteiger partial charge < -0.3 is 5.11 Å². The van der Waals surface area contributed by atoms with Crippen LogP contribution in [-0.4, -0.2) is 37.2 Å². The van der Waals surface area contributed by atoms with E-state index in [-0.39, 0.29) is 5.25 Å². The lowest BCUT2D eigenvalue weighted by molar-refractivity contribution is 0.0105. The van der Waals surface area contributed by atoms with Crippen LogP contribution in [0.25, 0.3) is 0 Å². The van der Waals surface area contributed by atoms with Crippen LogP contribution in [0.1, 0.15) is 25.7 Å². The van der Waals surface area contributed by atoms with Gasteiger partial charge in [-0.3, -0.25) is 0 Å². The summed E-state index contributed by atoms with van der Waals surface area (Å²) in [5.41, 5.74) is -0.830. The van der Waals surface area contributed by atoms with E-state index < -0.39 is 15.4 Å². The Morgan fingerprint density at radius 3 is 2.36 bits per heavy atom. The number of rotatable bonds is 3. The Morgan fingerprint density at radius 2 is 2.00 bits per heavy atom. The highest BCUT2D eigenvalue weighted by Crippen LogP contribution is 2.31. The summed E-state index contributed by atoms with van der Waals surface area (Å²) in [6, 6.07) is 0. The molecular formula is C8H16ClNO3S. The van der Waals surface area contributed by atoms with Gasteiger partial charge in [-0.05, 0) is 37.5 Å². The van der Waals surface area contributed by atoms with Gasteiger partial charge in [0, 0.05) is 12.8 Å². The fourth-order valence-electron chi connectivity index (χ4n) is 1.86. The van der Waals surface area contributed by atoms with Crippen molar-refractivity contribution in [2.75, 3.05) is 12.8 Å². The van der Waals surface area contributed by atoms with Crippen molar-refractivity contribution in [3.63, 3.8) is 0 Å². The molecule has 0 aromatic carbocycles. The van der Waals surface area contributed by atoms with Crippen LogP contribution >= 0.6 is 11.8 Å². The lowest BCUT2D eigenvalue weighted by Crippen LogP contribution is -2.43. The van der Waals surface area contributed by atoms with Crippen molar-refractivity contribution in [2.45, 2.75) is 36.5 Å². The normalized spacial score (nSPS) is 34.4. The first kappa shape index (κ1) is 12.2. The smallest absolute Gasteiger partial charge is 0.150 e. The average Bonchev–Trinajstić information content (AvgIpc) is 2.03. The number of sulfone groups is 1. The van der Waals surface area contributed by atoms with Gasteiger partial charge in [0.2, 0.25) is 0 Å². The molecule has 0 aromatic heterocycles. The van der Waals surface area contributed by atoms with Gasteiger partial charge in [-0.1, -0.05) is 0 Å². The number of nitrogens with one attached hydrogen (secondary N) is 1. The van der Waals surface area contributed by atoms with E-state index in [0.29, 0.717) is 32.2 Å². The third kappa shape index (κ3) is 3.08. The predicted octanol–water partition coefficient (Wildman–Crippen LogP) is 0.448. The molecule has 6 heteroatoms. The number of hydrogen-bond acceptors (Lipinski definition) is 4. The molecule has 0 aromatic rings. The largest absolute Gasteiger partial charge is 0.389 e. The molecule has 0 radical (unpaired) electrons. The van der Waals surface area contributed by atoms with E-state index >= 15 is 0 Å². The van der Waals surface area contributed by atoms with Crippen LogP contribution in [0.4, 0.5) is 0 Å². The van der Waals surface area contributed by atoms with Crippen LogP contribution < -0.4 is 4.84 Å². The molecule has 4 nitrogen and oxygen atoms in total. The SMILES string of the molecule is CS(=O)(=O)[C@H]1CC[C@](O)(CNCl)CC1.